The second-order valence-electron chi connectivity index (χ2n) is 7.10. The number of thiophene rings is 1. The van der Waals surface area contributed by atoms with Gasteiger partial charge < -0.3 is 14.8 Å². The number of anilines is 2. The number of ether oxygens (including phenoxy) is 2. The van der Waals surface area contributed by atoms with Gasteiger partial charge in [-0.05, 0) is 66.8 Å². The Labute approximate surface area is 190 Å². The topological polar surface area (TPSA) is 81.7 Å². The third kappa shape index (κ3) is 4.72. The maximum absolute atomic E-state index is 14.3. The van der Waals surface area contributed by atoms with E-state index in [0.29, 0.717) is 27.4 Å². The summed E-state index contributed by atoms with van der Waals surface area (Å²) in [4.78, 5) is 23.2. The van der Waals surface area contributed by atoms with E-state index in [0.717, 1.165) is 3.57 Å². The number of carbonyl (C=O) groups is 1. The van der Waals surface area contributed by atoms with Crippen molar-refractivity contribution in [3.8, 4) is 0 Å². The smallest absolute Gasteiger partial charge is 0.278 e. The first-order valence-corrected chi connectivity index (χ1v) is 11.1. The number of amides is 1. The zero-order valence-corrected chi connectivity index (χ0v) is 19.2. The maximum Gasteiger partial charge on any atom is 0.278 e. The van der Waals surface area contributed by atoms with Crippen molar-refractivity contribution in [2.45, 2.75) is 25.7 Å². The van der Waals surface area contributed by atoms with Gasteiger partial charge in [0.25, 0.3) is 5.91 Å². The molecule has 0 unspecified atom stereocenters. The predicted molar refractivity (Wildman–Crippen MR) is 120 cm³/mol. The van der Waals surface area contributed by atoms with Gasteiger partial charge in [0.2, 0.25) is 0 Å². The summed E-state index contributed by atoms with van der Waals surface area (Å²) >= 11 is 3.31. The molecular weight excluding hydrogens is 524 g/mol. The first-order chi connectivity index (χ1) is 14.3. The van der Waals surface area contributed by atoms with Crippen LogP contribution in [0, 0.1) is 9.39 Å². The maximum atomic E-state index is 14.3. The third-order valence-corrected chi connectivity index (χ3v) is 6.07. The minimum Gasteiger partial charge on any atom is -0.348 e. The zero-order valence-electron chi connectivity index (χ0n) is 16.2. The fourth-order valence-corrected chi connectivity index (χ4v) is 4.56. The van der Waals surface area contributed by atoms with Crippen LogP contribution in [0.5, 0.6) is 0 Å². The van der Waals surface area contributed by atoms with Crippen LogP contribution in [0.25, 0.3) is 10.2 Å². The molecule has 158 valence electrons. The van der Waals surface area contributed by atoms with Crippen LogP contribution in [-0.4, -0.2) is 36.0 Å². The molecule has 10 heteroatoms. The van der Waals surface area contributed by atoms with Crippen molar-refractivity contribution in [1.82, 2.24) is 10.5 Å². The summed E-state index contributed by atoms with van der Waals surface area (Å²) in [6, 6.07) is 8.37. The summed E-state index contributed by atoms with van der Waals surface area (Å²) in [6.07, 6.45) is 1.37. The Morgan fingerprint density at radius 1 is 1.43 bits per heavy atom. The number of hydroxylamine groups is 1. The molecule has 1 aliphatic heterocycles. The number of hydrogen-bond donors (Lipinski definition) is 2. The standard InChI is InChI=1S/C20H19FIN3O4S/c1-20(2)27-9-12(29-20)10-28-25-17(26)16-13-4-3-7-23-18(13)30-19(16)24-15-6-5-11(22)8-14(15)21/h3-8,12,24H,9-10H2,1-2H3,(H,25,26)/t12-/m1/s1. The molecule has 30 heavy (non-hydrogen) atoms. The lowest BCUT2D eigenvalue weighted by Gasteiger charge is -2.17. The summed E-state index contributed by atoms with van der Waals surface area (Å²) in [6.45, 7) is 4.16. The van der Waals surface area contributed by atoms with Crippen LogP contribution < -0.4 is 10.8 Å². The SMILES string of the molecule is CC1(C)OC[C@H](CONC(=O)c2c(Nc3ccc(I)cc3F)sc3ncccc23)O1. The number of aromatic nitrogens is 1. The van der Waals surface area contributed by atoms with Crippen molar-refractivity contribution in [2.24, 2.45) is 0 Å². The molecule has 3 heterocycles. The van der Waals surface area contributed by atoms with E-state index in [-0.39, 0.29) is 18.4 Å². The molecule has 0 radical (unpaired) electrons. The lowest BCUT2D eigenvalue weighted by Crippen LogP contribution is -2.30. The summed E-state index contributed by atoms with van der Waals surface area (Å²) in [5.74, 6) is -1.53. The van der Waals surface area contributed by atoms with Crippen molar-refractivity contribution in [3.63, 3.8) is 0 Å². The van der Waals surface area contributed by atoms with E-state index in [4.69, 9.17) is 14.3 Å². The van der Waals surface area contributed by atoms with Gasteiger partial charge in [-0.25, -0.2) is 14.9 Å². The predicted octanol–water partition coefficient (Wildman–Crippen LogP) is 4.60. The van der Waals surface area contributed by atoms with Gasteiger partial charge in [-0.1, -0.05) is 11.3 Å². The fraction of sp³-hybridized carbons (Fsp3) is 0.300. The van der Waals surface area contributed by atoms with E-state index < -0.39 is 17.5 Å². The zero-order chi connectivity index (χ0) is 21.3. The van der Waals surface area contributed by atoms with Gasteiger partial charge in [-0.3, -0.25) is 9.63 Å². The van der Waals surface area contributed by atoms with Crippen LogP contribution in [-0.2, 0) is 14.3 Å². The molecule has 2 N–H and O–H groups in total. The van der Waals surface area contributed by atoms with Gasteiger partial charge in [0, 0.05) is 15.2 Å². The molecule has 0 saturated carbocycles. The Hall–Kier alpha value is -1.86. The number of nitrogens with one attached hydrogen (secondary N) is 2. The van der Waals surface area contributed by atoms with Crippen LogP contribution in [0.1, 0.15) is 24.2 Å². The fourth-order valence-electron chi connectivity index (χ4n) is 3.06. The molecule has 1 amide bonds. The molecule has 3 aromatic rings. The number of halogens is 2. The van der Waals surface area contributed by atoms with E-state index in [1.807, 2.05) is 36.4 Å². The van der Waals surface area contributed by atoms with Crippen molar-refractivity contribution in [2.75, 3.05) is 18.5 Å². The average molecular weight is 543 g/mol. The quantitative estimate of drug-likeness (QED) is 0.350. The number of pyridine rings is 1. The lowest BCUT2D eigenvalue weighted by atomic mass is 10.2. The van der Waals surface area contributed by atoms with Gasteiger partial charge in [-0.15, -0.1) is 0 Å². The molecule has 4 rings (SSSR count). The Bertz CT molecular complexity index is 1090. The number of hydrogen-bond acceptors (Lipinski definition) is 7. The van der Waals surface area contributed by atoms with Gasteiger partial charge in [0.1, 0.15) is 28.4 Å². The molecule has 1 fully saturated rings. The molecule has 1 aliphatic rings. The second-order valence-corrected chi connectivity index (χ2v) is 9.35. The van der Waals surface area contributed by atoms with Crippen molar-refractivity contribution < 1.29 is 23.5 Å². The van der Waals surface area contributed by atoms with Gasteiger partial charge in [0.05, 0.1) is 17.9 Å². The highest BCUT2D eigenvalue weighted by Gasteiger charge is 2.33. The van der Waals surface area contributed by atoms with E-state index in [1.54, 1.807) is 30.5 Å². The summed E-state index contributed by atoms with van der Waals surface area (Å²) in [7, 11) is 0. The van der Waals surface area contributed by atoms with Gasteiger partial charge >= 0.3 is 0 Å². The summed E-state index contributed by atoms with van der Waals surface area (Å²) < 4.78 is 26.2. The van der Waals surface area contributed by atoms with Crippen molar-refractivity contribution in [1.29, 1.82) is 0 Å². The number of fused-ring (bicyclic) bond motifs is 1. The third-order valence-electron chi connectivity index (χ3n) is 4.37. The largest absolute Gasteiger partial charge is 0.348 e. The molecular formula is C20H19FIN3O4S. The van der Waals surface area contributed by atoms with Crippen LogP contribution in [0.4, 0.5) is 15.1 Å². The van der Waals surface area contributed by atoms with E-state index in [9.17, 15) is 9.18 Å². The highest BCUT2D eigenvalue weighted by molar-refractivity contribution is 14.1. The normalized spacial score (nSPS) is 17.9. The number of rotatable bonds is 6. The van der Waals surface area contributed by atoms with Crippen LogP contribution in [0.3, 0.4) is 0 Å². The molecule has 0 bridgehead atoms. The van der Waals surface area contributed by atoms with Gasteiger partial charge in [-0.2, -0.15) is 0 Å². The number of benzene rings is 1. The summed E-state index contributed by atoms with van der Waals surface area (Å²) in [5, 5.41) is 4.15. The minimum atomic E-state index is -0.665. The number of carbonyl (C=O) groups excluding carboxylic acids is 1. The lowest BCUT2D eigenvalue weighted by molar-refractivity contribution is -0.147. The Morgan fingerprint density at radius 2 is 2.27 bits per heavy atom. The van der Waals surface area contributed by atoms with Crippen molar-refractivity contribution in [3.05, 3.63) is 51.5 Å². The first kappa shape index (κ1) is 21.4. The molecule has 1 atom stereocenters. The first-order valence-electron chi connectivity index (χ1n) is 9.16. The van der Waals surface area contributed by atoms with Crippen LogP contribution >= 0.6 is 33.9 Å². The van der Waals surface area contributed by atoms with E-state index in [1.165, 1.54) is 17.4 Å². The van der Waals surface area contributed by atoms with Crippen LogP contribution in [0.15, 0.2) is 36.5 Å². The molecule has 0 spiro atoms. The van der Waals surface area contributed by atoms with Crippen LogP contribution in [0.2, 0.25) is 0 Å². The van der Waals surface area contributed by atoms with Gasteiger partial charge in [0.15, 0.2) is 5.79 Å². The molecule has 1 saturated heterocycles. The second kappa shape index (κ2) is 8.71. The Kier molecular flexibility index (Phi) is 6.21. The highest BCUT2D eigenvalue weighted by atomic mass is 127. The molecule has 2 aromatic heterocycles. The summed E-state index contributed by atoms with van der Waals surface area (Å²) in [5.41, 5.74) is 3.06. The Morgan fingerprint density at radius 3 is 3.00 bits per heavy atom. The molecule has 0 aliphatic carbocycles. The average Bonchev–Trinajstić information content (AvgIpc) is 3.23. The highest BCUT2D eigenvalue weighted by Crippen LogP contribution is 2.37. The van der Waals surface area contributed by atoms with E-state index >= 15 is 0 Å². The van der Waals surface area contributed by atoms with Crippen molar-refractivity contribution >= 4 is 60.7 Å². The minimum absolute atomic E-state index is 0.143. The Balaban J connectivity index is 1.53. The molecule has 7 nitrogen and oxygen atoms in total. The number of nitrogens with zero attached hydrogens (tertiary/aromatic N) is 1. The molecule has 1 aromatic carbocycles. The monoisotopic (exact) mass is 543 g/mol. The van der Waals surface area contributed by atoms with E-state index in [2.05, 4.69) is 15.8 Å².